The molecule has 28 heavy (non-hydrogen) atoms. The lowest BCUT2D eigenvalue weighted by Crippen LogP contribution is -2.43. The van der Waals surface area contributed by atoms with E-state index < -0.39 is 23.9 Å². The van der Waals surface area contributed by atoms with Crippen LogP contribution in [-0.4, -0.2) is 41.4 Å². The van der Waals surface area contributed by atoms with Gasteiger partial charge in [-0.05, 0) is 42.8 Å². The molecule has 0 saturated carbocycles. The Balaban J connectivity index is 1.49. The number of imide groups is 1. The number of fused-ring (bicyclic) bond motifs is 1. The number of nitrogens with zero attached hydrogens (tertiary/aromatic N) is 4. The van der Waals surface area contributed by atoms with Crippen LogP contribution in [0.3, 0.4) is 0 Å². The van der Waals surface area contributed by atoms with Crippen LogP contribution in [0.2, 0.25) is 5.02 Å². The molecule has 142 valence electrons. The Morgan fingerprint density at radius 2 is 1.82 bits per heavy atom. The molecule has 4 rings (SSSR count). The predicted molar refractivity (Wildman–Crippen MR) is 103 cm³/mol. The van der Waals surface area contributed by atoms with Gasteiger partial charge in [-0.2, -0.15) is 5.11 Å². The number of benzene rings is 2. The molecule has 1 fully saturated rings. The van der Waals surface area contributed by atoms with E-state index in [1.807, 2.05) is 25.1 Å². The van der Waals surface area contributed by atoms with Crippen LogP contribution >= 0.6 is 11.6 Å². The standard InChI is InChI=1S/C19H16ClN5O3/c1-11-4-2-3-5-14(11)21-15(26)10-24-17-16(22-23-24)18(27)25(19(17)28)13-8-6-12(20)7-9-13/h2-9,16-17H,10H2,1H3,(H,21,26)/t16-,17-/m0/s1. The summed E-state index contributed by atoms with van der Waals surface area (Å²) in [6, 6.07) is 11.9. The Kier molecular flexibility index (Phi) is 4.56. The minimum absolute atomic E-state index is 0.188. The Morgan fingerprint density at radius 3 is 2.54 bits per heavy atom. The molecule has 9 heteroatoms. The third kappa shape index (κ3) is 3.11. The molecule has 1 saturated heterocycles. The highest BCUT2D eigenvalue weighted by Crippen LogP contribution is 2.32. The fourth-order valence-electron chi connectivity index (χ4n) is 3.25. The van der Waals surface area contributed by atoms with Crippen molar-refractivity contribution in [3.63, 3.8) is 0 Å². The third-order valence-corrected chi connectivity index (χ3v) is 4.92. The summed E-state index contributed by atoms with van der Waals surface area (Å²) in [6.07, 6.45) is 0. The first-order chi connectivity index (χ1) is 13.5. The van der Waals surface area contributed by atoms with Crippen molar-refractivity contribution >= 4 is 40.7 Å². The molecular weight excluding hydrogens is 382 g/mol. The summed E-state index contributed by atoms with van der Waals surface area (Å²) in [7, 11) is 0. The van der Waals surface area contributed by atoms with Crippen molar-refractivity contribution in [2.45, 2.75) is 19.0 Å². The molecule has 3 amide bonds. The van der Waals surface area contributed by atoms with E-state index in [-0.39, 0.29) is 12.5 Å². The van der Waals surface area contributed by atoms with E-state index in [4.69, 9.17) is 11.6 Å². The molecule has 2 aliphatic rings. The lowest BCUT2D eigenvalue weighted by atomic mass is 10.1. The summed E-state index contributed by atoms with van der Waals surface area (Å²) in [6.45, 7) is 1.69. The van der Waals surface area contributed by atoms with Gasteiger partial charge in [0.1, 0.15) is 6.54 Å². The van der Waals surface area contributed by atoms with Gasteiger partial charge in [0.05, 0.1) is 5.69 Å². The zero-order chi connectivity index (χ0) is 19.8. The number of amides is 3. The Bertz CT molecular complexity index is 991. The maximum Gasteiger partial charge on any atom is 0.263 e. The lowest BCUT2D eigenvalue weighted by molar-refractivity contribution is -0.123. The fourth-order valence-corrected chi connectivity index (χ4v) is 3.37. The van der Waals surface area contributed by atoms with Gasteiger partial charge in [-0.1, -0.05) is 35.0 Å². The third-order valence-electron chi connectivity index (χ3n) is 4.67. The molecular formula is C19H16ClN5O3. The number of carbonyl (C=O) groups excluding carboxylic acids is 3. The zero-order valence-electron chi connectivity index (χ0n) is 14.9. The summed E-state index contributed by atoms with van der Waals surface area (Å²) < 4.78 is 0. The molecule has 2 heterocycles. The summed E-state index contributed by atoms with van der Waals surface area (Å²) in [5.41, 5.74) is 2.00. The van der Waals surface area contributed by atoms with Crippen LogP contribution < -0.4 is 10.2 Å². The van der Waals surface area contributed by atoms with Gasteiger partial charge in [-0.25, -0.2) is 4.90 Å². The van der Waals surface area contributed by atoms with Gasteiger partial charge >= 0.3 is 0 Å². The molecule has 0 aliphatic carbocycles. The van der Waals surface area contributed by atoms with E-state index >= 15 is 0 Å². The molecule has 1 N–H and O–H groups in total. The van der Waals surface area contributed by atoms with Crippen LogP contribution in [0.4, 0.5) is 11.4 Å². The van der Waals surface area contributed by atoms with Gasteiger partial charge in [-0.15, -0.1) is 0 Å². The molecule has 2 aromatic carbocycles. The quantitative estimate of drug-likeness (QED) is 0.802. The van der Waals surface area contributed by atoms with Crippen LogP contribution in [-0.2, 0) is 14.4 Å². The summed E-state index contributed by atoms with van der Waals surface area (Å²) in [5.74, 6) is -1.28. The van der Waals surface area contributed by atoms with Gasteiger partial charge < -0.3 is 5.32 Å². The largest absolute Gasteiger partial charge is 0.324 e. The zero-order valence-corrected chi connectivity index (χ0v) is 15.6. The maximum absolute atomic E-state index is 12.9. The molecule has 0 spiro atoms. The highest BCUT2D eigenvalue weighted by Gasteiger charge is 2.55. The van der Waals surface area contributed by atoms with E-state index in [1.165, 1.54) is 5.01 Å². The first-order valence-electron chi connectivity index (χ1n) is 8.62. The molecule has 0 radical (unpaired) electrons. The Hall–Kier alpha value is -3.26. The van der Waals surface area contributed by atoms with E-state index in [1.54, 1.807) is 30.3 Å². The number of hydrogen-bond acceptors (Lipinski definition) is 6. The van der Waals surface area contributed by atoms with Gasteiger partial charge in [0.2, 0.25) is 5.91 Å². The SMILES string of the molecule is Cc1ccccc1NC(=O)CN1N=N[C@@H]2C(=O)N(c3ccc(Cl)cc3)C(=O)[C@H]21. The molecule has 0 bridgehead atoms. The van der Waals surface area contributed by atoms with Crippen molar-refractivity contribution in [2.75, 3.05) is 16.8 Å². The second kappa shape index (κ2) is 7.05. The van der Waals surface area contributed by atoms with Gasteiger partial charge in [0.25, 0.3) is 11.8 Å². The van der Waals surface area contributed by atoms with E-state index in [0.29, 0.717) is 16.4 Å². The summed E-state index contributed by atoms with van der Waals surface area (Å²) in [5, 5.41) is 12.3. The molecule has 2 aromatic rings. The number of aryl methyl sites for hydroxylation is 1. The van der Waals surface area contributed by atoms with Crippen molar-refractivity contribution in [1.82, 2.24) is 5.01 Å². The van der Waals surface area contributed by atoms with Crippen molar-refractivity contribution < 1.29 is 14.4 Å². The molecule has 8 nitrogen and oxygen atoms in total. The summed E-state index contributed by atoms with van der Waals surface area (Å²) in [4.78, 5) is 39.0. The number of rotatable bonds is 4. The van der Waals surface area contributed by atoms with Crippen molar-refractivity contribution in [3.8, 4) is 0 Å². The monoisotopic (exact) mass is 397 g/mol. The van der Waals surface area contributed by atoms with Crippen LogP contribution in [0, 0.1) is 6.92 Å². The van der Waals surface area contributed by atoms with E-state index in [2.05, 4.69) is 15.7 Å². The van der Waals surface area contributed by atoms with Gasteiger partial charge in [0.15, 0.2) is 12.1 Å². The average Bonchev–Trinajstić information content (AvgIpc) is 3.18. The second-order valence-electron chi connectivity index (χ2n) is 6.54. The van der Waals surface area contributed by atoms with Crippen LogP contribution in [0.25, 0.3) is 0 Å². The normalized spacial score (nSPS) is 20.6. The number of nitrogens with one attached hydrogen (secondary N) is 1. The van der Waals surface area contributed by atoms with E-state index in [0.717, 1.165) is 10.5 Å². The van der Waals surface area contributed by atoms with Crippen molar-refractivity contribution in [1.29, 1.82) is 0 Å². The Morgan fingerprint density at radius 1 is 1.11 bits per heavy atom. The van der Waals surface area contributed by atoms with Crippen LogP contribution in [0.5, 0.6) is 0 Å². The minimum Gasteiger partial charge on any atom is -0.324 e. The van der Waals surface area contributed by atoms with Gasteiger partial charge in [-0.3, -0.25) is 19.4 Å². The lowest BCUT2D eigenvalue weighted by Gasteiger charge is -2.20. The predicted octanol–water partition coefficient (Wildman–Crippen LogP) is 2.58. The summed E-state index contributed by atoms with van der Waals surface area (Å²) >= 11 is 5.87. The van der Waals surface area contributed by atoms with Crippen LogP contribution in [0.15, 0.2) is 58.9 Å². The number of halogens is 1. The second-order valence-corrected chi connectivity index (χ2v) is 6.98. The number of para-hydroxylation sites is 1. The van der Waals surface area contributed by atoms with Crippen molar-refractivity contribution in [3.05, 3.63) is 59.1 Å². The maximum atomic E-state index is 12.9. The molecule has 0 unspecified atom stereocenters. The smallest absolute Gasteiger partial charge is 0.263 e. The number of hydrogen-bond donors (Lipinski definition) is 1. The molecule has 2 aliphatic heterocycles. The molecule has 2 atom stereocenters. The minimum atomic E-state index is -0.950. The van der Waals surface area contributed by atoms with E-state index in [9.17, 15) is 14.4 Å². The highest BCUT2D eigenvalue weighted by molar-refractivity contribution is 6.31. The van der Waals surface area contributed by atoms with Crippen LogP contribution in [0.1, 0.15) is 5.56 Å². The van der Waals surface area contributed by atoms with Crippen molar-refractivity contribution in [2.24, 2.45) is 10.3 Å². The topological polar surface area (TPSA) is 94.4 Å². The first-order valence-corrected chi connectivity index (χ1v) is 9.00. The number of anilines is 2. The first kappa shape index (κ1) is 18.1. The Labute approximate surface area is 165 Å². The highest BCUT2D eigenvalue weighted by atomic mass is 35.5. The number of carbonyl (C=O) groups is 3. The van der Waals surface area contributed by atoms with Gasteiger partial charge in [0, 0.05) is 10.7 Å². The average molecular weight is 398 g/mol. The fraction of sp³-hybridized carbons (Fsp3) is 0.211. The molecule has 0 aromatic heterocycles.